The Balaban J connectivity index is 2.55. The molecule has 1 rings (SSSR count). The molecule has 0 bridgehead atoms. The third-order valence-corrected chi connectivity index (χ3v) is 2.62. The number of carboxylic acids is 1. The lowest BCUT2D eigenvalue weighted by Gasteiger charge is -2.23. The van der Waals surface area contributed by atoms with Gasteiger partial charge in [0.25, 0.3) is 0 Å². The molecule has 0 saturated carbocycles. The van der Waals surface area contributed by atoms with Gasteiger partial charge in [0.2, 0.25) is 5.91 Å². The van der Waals surface area contributed by atoms with Gasteiger partial charge >= 0.3 is 5.97 Å². The second kappa shape index (κ2) is 5.47. The van der Waals surface area contributed by atoms with Gasteiger partial charge in [-0.3, -0.25) is 14.7 Å². The van der Waals surface area contributed by atoms with Crippen LogP contribution in [0.5, 0.6) is 0 Å². The monoisotopic (exact) mass is 239 g/mol. The molecule has 0 aliphatic carbocycles. The number of aliphatic carboxylic acids is 1. The number of nitrogens with zero attached hydrogens (tertiary/aromatic N) is 2. The molecule has 0 fully saturated rings. The van der Waals surface area contributed by atoms with Crippen molar-refractivity contribution in [2.75, 3.05) is 7.05 Å². The van der Waals surface area contributed by atoms with Gasteiger partial charge < -0.3 is 10.0 Å². The van der Waals surface area contributed by atoms with Gasteiger partial charge in [-0.15, -0.1) is 0 Å². The number of hydrogen-bond acceptors (Lipinski definition) is 3. The van der Waals surface area contributed by atoms with E-state index in [9.17, 15) is 9.59 Å². The normalized spacial score (nSPS) is 12.2. The maximum atomic E-state index is 11.8. The topological polar surface area (TPSA) is 86.3 Å². The summed E-state index contributed by atoms with van der Waals surface area (Å²) < 4.78 is 0. The fourth-order valence-corrected chi connectivity index (χ4v) is 1.48. The average molecular weight is 239 g/mol. The zero-order chi connectivity index (χ0) is 13.0. The van der Waals surface area contributed by atoms with Gasteiger partial charge in [-0.25, -0.2) is 0 Å². The van der Waals surface area contributed by atoms with Crippen molar-refractivity contribution in [2.24, 2.45) is 0 Å². The van der Waals surface area contributed by atoms with Crippen molar-refractivity contribution >= 4 is 11.9 Å². The third-order valence-electron chi connectivity index (χ3n) is 2.62. The van der Waals surface area contributed by atoms with E-state index < -0.39 is 5.97 Å². The number of nitrogens with one attached hydrogen (secondary N) is 1. The van der Waals surface area contributed by atoms with Crippen molar-refractivity contribution in [3.63, 3.8) is 0 Å². The number of likely N-dealkylation sites (N-methyl/N-ethyl adjacent to an activating group) is 1. The second-order valence-corrected chi connectivity index (χ2v) is 4.17. The van der Waals surface area contributed by atoms with Crippen LogP contribution in [0.1, 0.15) is 24.7 Å². The Labute approximate surface area is 99.6 Å². The lowest BCUT2D eigenvalue weighted by molar-refractivity contribution is -0.139. The molecule has 1 unspecified atom stereocenters. The van der Waals surface area contributed by atoms with Crippen LogP contribution in [0.4, 0.5) is 0 Å². The molecular formula is C11H17N3O3. The molecule has 0 saturated heterocycles. The highest BCUT2D eigenvalue weighted by molar-refractivity contribution is 5.79. The summed E-state index contributed by atoms with van der Waals surface area (Å²) in [6.45, 7) is 3.57. The van der Waals surface area contributed by atoms with Gasteiger partial charge in [0.1, 0.15) is 0 Å². The summed E-state index contributed by atoms with van der Waals surface area (Å²) >= 11 is 0. The van der Waals surface area contributed by atoms with Crippen LogP contribution in [0.25, 0.3) is 0 Å². The van der Waals surface area contributed by atoms with Crippen LogP contribution in [-0.2, 0) is 16.0 Å². The average Bonchev–Trinajstić information content (AvgIpc) is 2.61. The number of amides is 1. The third kappa shape index (κ3) is 3.90. The molecule has 17 heavy (non-hydrogen) atoms. The van der Waals surface area contributed by atoms with Crippen molar-refractivity contribution in [1.82, 2.24) is 15.1 Å². The Bertz CT molecular complexity index is 414. The van der Waals surface area contributed by atoms with Gasteiger partial charge in [-0.1, -0.05) is 0 Å². The quantitative estimate of drug-likeness (QED) is 0.787. The van der Waals surface area contributed by atoms with Crippen LogP contribution in [0.3, 0.4) is 0 Å². The molecule has 1 heterocycles. The first-order chi connectivity index (χ1) is 7.90. The lowest BCUT2D eigenvalue weighted by atomic mass is 10.2. The van der Waals surface area contributed by atoms with Crippen molar-refractivity contribution in [3.05, 3.63) is 17.5 Å². The molecule has 6 heteroatoms. The van der Waals surface area contributed by atoms with Gasteiger partial charge in [-0.2, -0.15) is 5.10 Å². The number of aromatic nitrogens is 2. The number of aromatic amines is 1. The Morgan fingerprint density at radius 1 is 1.59 bits per heavy atom. The minimum Gasteiger partial charge on any atom is -0.481 e. The molecule has 1 atom stereocenters. The highest BCUT2D eigenvalue weighted by Gasteiger charge is 2.19. The van der Waals surface area contributed by atoms with E-state index in [1.54, 1.807) is 20.0 Å². The van der Waals surface area contributed by atoms with Crippen molar-refractivity contribution in [2.45, 2.75) is 32.7 Å². The summed E-state index contributed by atoms with van der Waals surface area (Å²) in [7, 11) is 1.61. The number of carboxylic acid groups (broad SMARTS) is 1. The minimum atomic E-state index is -0.909. The minimum absolute atomic E-state index is 0.0537. The number of carbonyl (C=O) groups excluding carboxylic acids is 1. The van der Waals surface area contributed by atoms with E-state index in [0.29, 0.717) is 5.69 Å². The number of carbonyl (C=O) groups is 2. The standard InChI is InChI=1S/C11H17N3O3/c1-7-4-9(13-12-7)6-10(15)14(3)8(2)5-11(16)17/h4,8H,5-6H2,1-3H3,(H,12,13)(H,16,17). The van der Waals surface area contributed by atoms with Gasteiger partial charge in [0, 0.05) is 18.8 Å². The van der Waals surface area contributed by atoms with E-state index in [2.05, 4.69) is 10.2 Å². The highest BCUT2D eigenvalue weighted by atomic mass is 16.4. The molecule has 94 valence electrons. The summed E-state index contributed by atoms with van der Waals surface area (Å²) in [6.07, 6.45) is 0.132. The molecule has 2 N–H and O–H groups in total. The molecule has 0 spiro atoms. The maximum Gasteiger partial charge on any atom is 0.305 e. The maximum absolute atomic E-state index is 11.8. The molecule has 0 aliphatic heterocycles. The molecule has 1 amide bonds. The largest absolute Gasteiger partial charge is 0.481 e. The predicted octanol–water partition coefficient (Wildman–Crippen LogP) is 0.582. The van der Waals surface area contributed by atoms with Crippen LogP contribution in [0, 0.1) is 6.92 Å². The number of H-pyrrole nitrogens is 1. The van der Waals surface area contributed by atoms with Crippen LogP contribution < -0.4 is 0 Å². The SMILES string of the molecule is Cc1cc(CC(=O)N(C)C(C)CC(=O)O)n[nH]1. The Kier molecular flexibility index (Phi) is 4.25. The molecule has 0 aliphatic rings. The van der Waals surface area contributed by atoms with Crippen molar-refractivity contribution < 1.29 is 14.7 Å². The van der Waals surface area contributed by atoms with Crippen LogP contribution in [-0.4, -0.2) is 45.2 Å². The molecule has 1 aromatic heterocycles. The fraction of sp³-hybridized carbons (Fsp3) is 0.545. The van der Waals surface area contributed by atoms with E-state index in [0.717, 1.165) is 5.69 Å². The Morgan fingerprint density at radius 2 is 2.24 bits per heavy atom. The van der Waals surface area contributed by atoms with Gasteiger partial charge in [0.15, 0.2) is 0 Å². The van der Waals surface area contributed by atoms with E-state index >= 15 is 0 Å². The molecule has 0 aromatic carbocycles. The van der Waals surface area contributed by atoms with Crippen LogP contribution in [0.15, 0.2) is 6.07 Å². The first-order valence-electron chi connectivity index (χ1n) is 5.38. The smallest absolute Gasteiger partial charge is 0.305 e. The number of rotatable bonds is 5. The molecule has 6 nitrogen and oxygen atoms in total. The van der Waals surface area contributed by atoms with E-state index in [1.807, 2.05) is 6.92 Å². The summed E-state index contributed by atoms with van der Waals surface area (Å²) in [4.78, 5) is 23.8. The summed E-state index contributed by atoms with van der Waals surface area (Å²) in [5.41, 5.74) is 1.57. The fourth-order valence-electron chi connectivity index (χ4n) is 1.48. The zero-order valence-corrected chi connectivity index (χ0v) is 10.2. The number of aryl methyl sites for hydroxylation is 1. The first-order valence-corrected chi connectivity index (χ1v) is 5.38. The van der Waals surface area contributed by atoms with Gasteiger partial charge in [0.05, 0.1) is 18.5 Å². The van der Waals surface area contributed by atoms with E-state index in [4.69, 9.17) is 5.11 Å². The predicted molar refractivity (Wildman–Crippen MR) is 61.5 cm³/mol. The summed E-state index contributed by atoms with van der Waals surface area (Å²) in [5, 5.41) is 15.4. The summed E-state index contributed by atoms with van der Waals surface area (Å²) in [6, 6.07) is 1.48. The summed E-state index contributed by atoms with van der Waals surface area (Å²) in [5.74, 6) is -1.04. The second-order valence-electron chi connectivity index (χ2n) is 4.17. The lowest BCUT2D eigenvalue weighted by Crippen LogP contribution is -2.37. The highest BCUT2D eigenvalue weighted by Crippen LogP contribution is 2.06. The van der Waals surface area contributed by atoms with Crippen LogP contribution in [0.2, 0.25) is 0 Å². The first kappa shape index (κ1) is 13.2. The molecular weight excluding hydrogens is 222 g/mol. The van der Waals surface area contributed by atoms with Crippen LogP contribution >= 0.6 is 0 Å². The Hall–Kier alpha value is -1.85. The van der Waals surface area contributed by atoms with Gasteiger partial charge in [-0.05, 0) is 19.9 Å². The van der Waals surface area contributed by atoms with E-state index in [-0.39, 0.29) is 24.8 Å². The molecule has 1 aromatic rings. The van der Waals surface area contributed by atoms with E-state index in [1.165, 1.54) is 4.90 Å². The zero-order valence-electron chi connectivity index (χ0n) is 10.2. The van der Waals surface area contributed by atoms with Crippen molar-refractivity contribution in [3.8, 4) is 0 Å². The van der Waals surface area contributed by atoms with Crippen molar-refractivity contribution in [1.29, 1.82) is 0 Å². The number of hydrogen-bond donors (Lipinski definition) is 2. The Morgan fingerprint density at radius 3 is 2.71 bits per heavy atom. The molecule has 0 radical (unpaired) electrons.